The Labute approximate surface area is 852 Å². The van der Waals surface area contributed by atoms with E-state index in [0.717, 1.165) is 126 Å². The van der Waals surface area contributed by atoms with Gasteiger partial charge in [0.25, 0.3) is 0 Å². The molecule has 25 nitrogen and oxygen atoms in total. The van der Waals surface area contributed by atoms with Crippen LogP contribution in [0.15, 0.2) is 95.1 Å². The van der Waals surface area contributed by atoms with Crippen molar-refractivity contribution in [3.05, 3.63) is 106 Å². The van der Waals surface area contributed by atoms with Crippen LogP contribution in [0.4, 0.5) is 0 Å². The number of phenolic OH excluding ortho intramolecular Hbond substituents is 2. The third-order valence-electron chi connectivity index (χ3n) is 27.8. The number of ketones is 9. The number of aromatic hydroxyl groups is 2. The van der Waals surface area contributed by atoms with Gasteiger partial charge in [-0.3, -0.25) is 62.3 Å². The molecule has 0 bridgehead atoms. The third-order valence-corrected chi connectivity index (χ3v) is 27.8. The van der Waals surface area contributed by atoms with Gasteiger partial charge in [-0.1, -0.05) is 220 Å². The van der Waals surface area contributed by atoms with Crippen LogP contribution in [0.1, 0.15) is 414 Å². The number of esters is 5. The molecule has 10 saturated carbocycles. The first kappa shape index (κ1) is 126. The standard InChI is InChI=1S/C28H35NO4.C15H22O4.2C12H18O2.C10H16O.C9H14O3.C7H12O4.C7H6O2.C7H12O.C3H6O.3CH4.Na/c1-17-25(28(32)33-22-12-5-6-13-22)26(19-10-7-11-21(30)14-19)27-23(29-17)15-20(16-24(27)31)18-8-3-2-4-9-18;1-2-19-15(18)14-12(8-11(16)9-13(14)17)10-6-4-3-5-7-10;2*13-11-6-10(7-12(14)8-11)9-4-2-1-3-5-9;1-9(11)7-8-10-5-3-2-4-6-10;1-7(10)6-9(11)12-8-4-2-3-5-8;1-3-10-6(8)5-7(9)11-4-2;8-5-6-2-1-3-7(9)4-6;8-6-7-4-2-1-3-5-7;1-3(2)4;;;;/h7,10-11,14,18,20,22,26,29-30H,2-6,8-9,12-13,15-16H2,1H3;9-10,12,14,17H,2-8H2,1H3;2*9-10H,1-8H2;7-8,10H,2-6H2,1H3;8H,2-6H2,1H3;3-5H2,1-2H3;1-5,9H;6-7H,1-5H2;1-2H3;3*1H4;/q;;;;;;;;;;;;;+1/p-1/b;;;;8-7+;;;;;;;;;. The molecule has 1 heterocycles. The van der Waals surface area contributed by atoms with Crippen LogP contribution in [0.25, 0.3) is 0 Å². The van der Waals surface area contributed by atoms with Crippen LogP contribution in [0.2, 0.25) is 0 Å². The van der Waals surface area contributed by atoms with Crippen LogP contribution >= 0.6 is 0 Å². The molecule has 772 valence electrons. The first-order valence-electron chi connectivity index (χ1n) is 51.1. The molecule has 26 heteroatoms. The number of hydrogen-bond acceptors (Lipinski definition) is 25. The quantitative estimate of drug-likeness (QED) is 0.0277. The SMILES string of the molecule is C.C.C.CC(=O)/C=C/C1CCCCC1.CC(=O)CC(=O)OC1CCCC1.CC(C)=O.CC1=C(C(=O)OC2CCCC2)C(c2cccc(O)c2)C2=C(CC(C3CCCCC3)CC2=O)N1.CCOC(=O)C1C([O-])=CC(=O)CC1C1CCCCC1.CCOC(=O)CC(=O)OCC.O=C1CC(=O)CC(C2CCCCC2)C1.O=C1CC(=O)CC(C2CCCCC2)C1.O=CC1CCCCC1.O=Cc1cccc(O)c1.[Na+]. The fourth-order valence-corrected chi connectivity index (χ4v) is 21.3. The Balaban J connectivity index is 0.000000545. The summed E-state index contributed by atoms with van der Waals surface area (Å²) >= 11 is 0. The second-order valence-corrected chi connectivity index (χ2v) is 39.1. The van der Waals surface area contributed by atoms with Gasteiger partial charge in [-0.05, 0) is 234 Å². The number of allylic oxidation sites excluding steroid dienone is 6. The summed E-state index contributed by atoms with van der Waals surface area (Å²) in [5.74, 6) is 1.69. The third kappa shape index (κ3) is 48.8. The molecule has 1 aliphatic heterocycles. The Bertz CT molecular complexity index is 4170. The number of ether oxygens (including phenoxy) is 5. The van der Waals surface area contributed by atoms with Gasteiger partial charge in [-0.15, -0.1) is 5.76 Å². The first-order chi connectivity index (χ1) is 64.8. The van der Waals surface area contributed by atoms with E-state index in [1.54, 1.807) is 64.1 Å². The number of hydrogen-bond donors (Lipinski definition) is 3. The molecule has 2 aromatic rings. The Kier molecular flexibility index (Phi) is 64.5. The van der Waals surface area contributed by atoms with Gasteiger partial charge in [0.15, 0.2) is 17.3 Å². The fourth-order valence-electron chi connectivity index (χ4n) is 21.3. The Morgan fingerprint density at radius 1 is 0.453 bits per heavy atom. The topological polar surface area (TPSA) is 395 Å². The molecule has 15 rings (SSSR count). The van der Waals surface area contributed by atoms with Crippen molar-refractivity contribution in [1.82, 2.24) is 5.32 Å². The molecule has 13 aliphatic rings. The number of rotatable bonds is 20. The zero-order valence-electron chi connectivity index (χ0n) is 83.2. The van der Waals surface area contributed by atoms with Crippen LogP contribution < -0.4 is 40.0 Å². The van der Waals surface area contributed by atoms with Crippen molar-refractivity contribution < 1.29 is 145 Å². The Morgan fingerprint density at radius 3 is 1.24 bits per heavy atom. The van der Waals surface area contributed by atoms with E-state index >= 15 is 0 Å². The van der Waals surface area contributed by atoms with Crippen molar-refractivity contribution in [2.75, 3.05) is 19.8 Å². The van der Waals surface area contributed by atoms with E-state index in [0.29, 0.717) is 115 Å². The van der Waals surface area contributed by atoms with Crippen molar-refractivity contribution >= 4 is 94.5 Å². The predicted molar refractivity (Wildman–Crippen MR) is 533 cm³/mol. The maximum atomic E-state index is 13.6. The van der Waals surface area contributed by atoms with Crippen LogP contribution in [0.5, 0.6) is 11.5 Å². The number of carbonyl (C=O) groups excluding carboxylic acids is 16. The average Bonchev–Trinajstić information content (AvgIpc) is 1.35. The maximum Gasteiger partial charge on any atom is 1.00 e. The molecule has 3 N–H and O–H groups in total. The van der Waals surface area contributed by atoms with Gasteiger partial charge in [-0.2, -0.15) is 0 Å². The summed E-state index contributed by atoms with van der Waals surface area (Å²) in [5.41, 5.74) is 4.20. The normalized spacial score (nSPS) is 21.7. The van der Waals surface area contributed by atoms with E-state index in [4.69, 9.17) is 19.3 Å². The molecule has 0 spiro atoms. The number of carbonyl (C=O) groups is 16. The Morgan fingerprint density at radius 2 is 0.849 bits per heavy atom. The van der Waals surface area contributed by atoms with Crippen LogP contribution in [0, 0.1) is 65.1 Å². The summed E-state index contributed by atoms with van der Waals surface area (Å²) in [6, 6.07) is 13.2. The van der Waals surface area contributed by atoms with Crippen molar-refractivity contribution in [3.63, 3.8) is 0 Å². The molecular weight excluding hydrogens is 1780 g/mol. The molecular formula is C113H170NNaO24. The number of phenols is 2. The monoisotopic (exact) mass is 1950 g/mol. The van der Waals surface area contributed by atoms with Gasteiger partial charge in [0, 0.05) is 72.9 Å². The average molecular weight is 1950 g/mol. The van der Waals surface area contributed by atoms with Crippen molar-refractivity contribution in [2.45, 2.75) is 410 Å². The summed E-state index contributed by atoms with van der Waals surface area (Å²) in [7, 11) is 0. The minimum Gasteiger partial charge on any atom is -0.875 e. The van der Waals surface area contributed by atoms with E-state index < -0.39 is 29.7 Å². The number of Topliss-reactive ketones (excluding diaryl/α,β-unsaturated/α-hetero) is 7. The van der Waals surface area contributed by atoms with E-state index in [-0.39, 0.29) is 197 Å². The molecule has 0 amide bonds. The summed E-state index contributed by atoms with van der Waals surface area (Å²) in [6.07, 6.45) is 56.7. The zero-order valence-corrected chi connectivity index (χ0v) is 85.2. The van der Waals surface area contributed by atoms with Gasteiger partial charge in [0.1, 0.15) is 83.8 Å². The van der Waals surface area contributed by atoms with E-state index in [9.17, 15) is 86.9 Å². The first-order valence-corrected chi connectivity index (χ1v) is 51.1. The van der Waals surface area contributed by atoms with E-state index in [2.05, 4.69) is 20.9 Å². The predicted octanol–water partition coefficient (Wildman–Crippen LogP) is 19.4. The number of benzene rings is 2. The van der Waals surface area contributed by atoms with Gasteiger partial charge in [0.05, 0.1) is 44.2 Å². The minimum absolute atomic E-state index is 0. The van der Waals surface area contributed by atoms with Crippen LogP contribution in [0.3, 0.4) is 0 Å². The summed E-state index contributed by atoms with van der Waals surface area (Å²) in [4.78, 5) is 179. The minimum atomic E-state index is -0.749. The molecule has 2 aromatic carbocycles. The Hall–Kier alpha value is -8.68. The van der Waals surface area contributed by atoms with E-state index in [1.165, 1.54) is 187 Å². The molecule has 4 unspecified atom stereocenters. The molecule has 12 aliphatic carbocycles. The van der Waals surface area contributed by atoms with Gasteiger partial charge in [0.2, 0.25) is 0 Å². The van der Waals surface area contributed by atoms with Crippen molar-refractivity contribution in [3.8, 4) is 11.5 Å². The van der Waals surface area contributed by atoms with Crippen LogP contribution in [-0.4, -0.2) is 137 Å². The molecule has 10 fully saturated rings. The number of nitrogens with one attached hydrogen (secondary N) is 1. The molecule has 0 radical (unpaired) electrons. The smallest absolute Gasteiger partial charge is 0.875 e. The second kappa shape index (κ2) is 70.9. The summed E-state index contributed by atoms with van der Waals surface area (Å²) < 4.78 is 25.0. The van der Waals surface area contributed by atoms with Gasteiger partial charge >= 0.3 is 59.4 Å². The molecule has 0 aromatic heterocycles. The number of aldehydes is 2. The van der Waals surface area contributed by atoms with Gasteiger partial charge in [-0.25, -0.2) is 4.79 Å². The molecule has 4 atom stereocenters. The van der Waals surface area contributed by atoms with Gasteiger partial charge < -0.3 is 53.9 Å². The van der Waals surface area contributed by atoms with Crippen molar-refractivity contribution in [1.29, 1.82) is 0 Å². The second-order valence-electron chi connectivity index (χ2n) is 39.1. The molecule has 139 heavy (non-hydrogen) atoms. The largest absolute Gasteiger partial charge is 1.00 e. The summed E-state index contributed by atoms with van der Waals surface area (Å²) in [5, 5.41) is 34.4. The number of dihydropyridines is 1. The van der Waals surface area contributed by atoms with Crippen LogP contribution in [-0.2, 0) is 95.6 Å². The zero-order chi connectivity index (χ0) is 98.6. The van der Waals surface area contributed by atoms with Crippen molar-refractivity contribution in [2.24, 2.45) is 65.1 Å². The maximum absolute atomic E-state index is 13.6. The molecule has 0 saturated heterocycles. The van der Waals surface area contributed by atoms with E-state index in [1.807, 2.05) is 13.0 Å². The summed E-state index contributed by atoms with van der Waals surface area (Å²) in [6.45, 7) is 13.9. The fraction of sp³-hybridized carbons (Fsp3) is 0.681.